The monoisotopic (exact) mass is 712 g/mol. The molecular weight excluding hydrogens is 652 g/mol. The molecule has 2 saturated carbocycles. The number of amides is 7. The van der Waals surface area contributed by atoms with Crippen LogP contribution in [-0.2, 0) is 28.8 Å². The summed E-state index contributed by atoms with van der Waals surface area (Å²) < 4.78 is 0. The van der Waals surface area contributed by atoms with E-state index in [1.807, 2.05) is 34.6 Å². The lowest BCUT2D eigenvalue weighted by molar-refractivity contribution is -0.148. The van der Waals surface area contributed by atoms with E-state index in [9.17, 15) is 33.6 Å². The fourth-order valence-corrected chi connectivity index (χ4v) is 7.77. The van der Waals surface area contributed by atoms with E-state index in [2.05, 4.69) is 27.8 Å². The number of hydrogen-bond acceptors (Lipinski definition) is 7. The van der Waals surface area contributed by atoms with E-state index in [-0.39, 0.29) is 67.3 Å². The van der Waals surface area contributed by atoms with Gasteiger partial charge < -0.3 is 26.2 Å². The number of imide groups is 1. The highest BCUT2D eigenvalue weighted by Crippen LogP contribution is 2.36. The molecule has 4 rings (SSSR count). The number of urea groups is 1. The average molecular weight is 713 g/mol. The summed E-state index contributed by atoms with van der Waals surface area (Å²) in [7, 11) is 0. The molecule has 2 aliphatic heterocycles. The van der Waals surface area contributed by atoms with Crippen LogP contribution in [0.25, 0.3) is 0 Å². The first-order valence-electron chi connectivity index (χ1n) is 19.1. The quantitative estimate of drug-likeness (QED) is 0.115. The predicted octanol–water partition coefficient (Wildman–Crippen LogP) is 3.22. The summed E-state index contributed by atoms with van der Waals surface area (Å²) >= 11 is 0. The molecule has 0 aromatic heterocycles. The number of rotatable bonds is 15. The number of carbonyl (C=O) groups excluding carboxylic acids is 7. The van der Waals surface area contributed by atoms with E-state index in [1.165, 1.54) is 11.0 Å². The standard InChI is InChI=1S/C38H60N6O7/c1-7-19-39-35(49)33(47)27(21-24-16-17-24)40-34(48)32-26(23(2)3)18-20-43(32)36(50)31(25-12-9-8-10-13-25)42-37(51)41-28(38(4,5)6)22-44-29(45)14-11-15-30(44)46/h7,23-28,31-32H,1,8-22H2,2-6H3,(H,39,49)(H,40,48)(H2,41,42,51)/t26?,27?,28-,31+,32+/m1/s1. The molecule has 0 aromatic carbocycles. The van der Waals surface area contributed by atoms with Gasteiger partial charge in [-0.3, -0.25) is 33.7 Å². The van der Waals surface area contributed by atoms with Crippen LogP contribution >= 0.6 is 0 Å². The van der Waals surface area contributed by atoms with Gasteiger partial charge in [0.05, 0.1) is 12.1 Å². The minimum Gasteiger partial charge on any atom is -0.346 e. The molecule has 4 aliphatic rings. The largest absolute Gasteiger partial charge is 0.346 e. The Bertz CT molecular complexity index is 1320. The van der Waals surface area contributed by atoms with Crippen LogP contribution in [0.4, 0.5) is 4.79 Å². The van der Waals surface area contributed by atoms with Crippen LogP contribution < -0.4 is 21.3 Å². The number of carbonyl (C=O) groups is 7. The summed E-state index contributed by atoms with van der Waals surface area (Å²) in [5.41, 5.74) is -0.515. The minimum atomic E-state index is -1.01. The molecule has 13 heteroatoms. The van der Waals surface area contributed by atoms with Crippen molar-refractivity contribution in [3.63, 3.8) is 0 Å². The molecule has 0 radical (unpaired) electrons. The zero-order valence-corrected chi connectivity index (χ0v) is 31.3. The van der Waals surface area contributed by atoms with Gasteiger partial charge in [0.25, 0.3) is 5.91 Å². The maximum Gasteiger partial charge on any atom is 0.315 e. The Hall–Kier alpha value is -3.77. The number of Topliss-reactive ketones (excluding diaryl/α,β-unsaturated/α-hetero) is 1. The SMILES string of the molecule is C=CCNC(=O)C(=O)C(CC1CC1)NC(=O)[C@@H]1C(C(C)C)CCN1C(=O)[C@@H](NC(=O)N[C@H](CN1C(=O)CCCC1=O)C(C)(C)C)C1CCCCC1. The molecule has 5 atom stereocenters. The van der Waals surface area contributed by atoms with Gasteiger partial charge >= 0.3 is 6.03 Å². The Morgan fingerprint density at radius 3 is 2.10 bits per heavy atom. The van der Waals surface area contributed by atoms with E-state index < -0.39 is 53.2 Å². The molecule has 2 unspecified atom stereocenters. The zero-order valence-electron chi connectivity index (χ0n) is 31.3. The summed E-state index contributed by atoms with van der Waals surface area (Å²) in [6.45, 7) is 13.8. The highest BCUT2D eigenvalue weighted by atomic mass is 16.2. The molecule has 4 fully saturated rings. The van der Waals surface area contributed by atoms with E-state index >= 15 is 0 Å². The minimum absolute atomic E-state index is 0.0351. The molecule has 284 valence electrons. The van der Waals surface area contributed by atoms with Crippen molar-refractivity contribution in [3.05, 3.63) is 12.7 Å². The molecule has 7 amide bonds. The third kappa shape index (κ3) is 10.6. The number of nitrogens with zero attached hydrogens (tertiary/aromatic N) is 2. The van der Waals surface area contributed by atoms with Crippen LogP contribution in [0.2, 0.25) is 0 Å². The Balaban J connectivity index is 1.55. The van der Waals surface area contributed by atoms with Crippen LogP contribution in [0, 0.1) is 29.1 Å². The first-order chi connectivity index (χ1) is 24.1. The van der Waals surface area contributed by atoms with E-state index in [0.29, 0.717) is 25.8 Å². The second kappa shape index (κ2) is 17.6. The number of likely N-dealkylation sites (tertiary alicyclic amines) is 2. The summed E-state index contributed by atoms with van der Waals surface area (Å²) in [6, 6.07) is -3.94. The summed E-state index contributed by atoms with van der Waals surface area (Å²) in [4.78, 5) is 96.5. The van der Waals surface area contributed by atoms with Crippen LogP contribution in [-0.4, -0.2) is 95.0 Å². The smallest absolute Gasteiger partial charge is 0.315 e. The highest BCUT2D eigenvalue weighted by molar-refractivity contribution is 6.38. The molecule has 51 heavy (non-hydrogen) atoms. The zero-order chi connectivity index (χ0) is 37.5. The van der Waals surface area contributed by atoms with Gasteiger partial charge in [-0.25, -0.2) is 4.79 Å². The number of nitrogens with one attached hydrogen (secondary N) is 4. The van der Waals surface area contributed by atoms with Crippen LogP contribution in [0.5, 0.6) is 0 Å². The van der Waals surface area contributed by atoms with Crippen molar-refractivity contribution in [2.75, 3.05) is 19.6 Å². The Morgan fingerprint density at radius 1 is 0.882 bits per heavy atom. The molecule has 0 spiro atoms. The lowest BCUT2D eigenvalue weighted by atomic mass is 9.82. The maximum absolute atomic E-state index is 14.6. The van der Waals surface area contributed by atoms with Crippen molar-refractivity contribution in [1.29, 1.82) is 0 Å². The van der Waals surface area contributed by atoms with Crippen molar-refractivity contribution in [2.45, 2.75) is 136 Å². The fraction of sp³-hybridized carbons (Fsp3) is 0.763. The van der Waals surface area contributed by atoms with Crippen molar-refractivity contribution in [1.82, 2.24) is 31.1 Å². The van der Waals surface area contributed by atoms with Gasteiger partial charge in [-0.15, -0.1) is 6.58 Å². The van der Waals surface area contributed by atoms with E-state index in [0.717, 1.165) is 44.9 Å². The Morgan fingerprint density at radius 2 is 1.53 bits per heavy atom. The van der Waals surface area contributed by atoms with Gasteiger partial charge in [0.15, 0.2) is 0 Å². The molecule has 2 heterocycles. The second-order valence-electron chi connectivity index (χ2n) is 16.4. The lowest BCUT2D eigenvalue weighted by Gasteiger charge is -2.38. The number of piperidine rings is 1. The molecule has 2 saturated heterocycles. The fourth-order valence-electron chi connectivity index (χ4n) is 7.77. The van der Waals surface area contributed by atoms with Crippen molar-refractivity contribution < 1.29 is 33.6 Å². The van der Waals surface area contributed by atoms with E-state index in [1.54, 1.807) is 4.90 Å². The maximum atomic E-state index is 14.6. The van der Waals surface area contributed by atoms with Crippen molar-refractivity contribution >= 4 is 41.4 Å². The average Bonchev–Trinajstić information content (AvgIpc) is 3.79. The highest BCUT2D eigenvalue weighted by Gasteiger charge is 2.48. The second-order valence-corrected chi connectivity index (χ2v) is 16.4. The Labute approximate surface area is 302 Å². The predicted molar refractivity (Wildman–Crippen MR) is 192 cm³/mol. The third-order valence-electron chi connectivity index (χ3n) is 11.2. The van der Waals surface area contributed by atoms with E-state index in [4.69, 9.17) is 0 Å². The van der Waals surface area contributed by atoms with Gasteiger partial charge in [0, 0.05) is 32.5 Å². The Kier molecular flexibility index (Phi) is 13.8. The number of ketones is 1. The van der Waals surface area contributed by atoms with Crippen LogP contribution in [0.15, 0.2) is 12.7 Å². The summed E-state index contributed by atoms with van der Waals surface area (Å²) in [5, 5.41) is 11.4. The molecule has 2 aliphatic carbocycles. The van der Waals surface area contributed by atoms with Crippen LogP contribution in [0.1, 0.15) is 112 Å². The first kappa shape index (κ1) is 40.0. The molecule has 13 nitrogen and oxygen atoms in total. The molecular formula is C38H60N6O7. The van der Waals surface area contributed by atoms with Gasteiger partial charge in [0.2, 0.25) is 29.4 Å². The normalized spacial score (nSPS) is 23.3. The summed E-state index contributed by atoms with van der Waals surface area (Å²) in [5.74, 6) is -2.86. The van der Waals surface area contributed by atoms with Gasteiger partial charge in [-0.05, 0) is 61.2 Å². The molecule has 0 bridgehead atoms. The van der Waals surface area contributed by atoms with Gasteiger partial charge in [0.1, 0.15) is 12.1 Å². The molecule has 0 aromatic rings. The van der Waals surface area contributed by atoms with Crippen molar-refractivity contribution in [3.8, 4) is 0 Å². The topological polar surface area (TPSA) is 174 Å². The van der Waals surface area contributed by atoms with Crippen LogP contribution in [0.3, 0.4) is 0 Å². The molecule has 4 N–H and O–H groups in total. The number of hydrogen-bond donors (Lipinski definition) is 4. The lowest BCUT2D eigenvalue weighted by Crippen LogP contribution is -2.62. The van der Waals surface area contributed by atoms with Gasteiger partial charge in [-0.1, -0.05) is 72.8 Å². The van der Waals surface area contributed by atoms with Gasteiger partial charge in [-0.2, -0.15) is 0 Å². The first-order valence-corrected chi connectivity index (χ1v) is 19.1. The summed E-state index contributed by atoms with van der Waals surface area (Å²) in [6.07, 6.45) is 9.70. The third-order valence-corrected chi connectivity index (χ3v) is 11.2. The van der Waals surface area contributed by atoms with Crippen molar-refractivity contribution in [2.24, 2.45) is 29.1 Å².